The number of carboxylic acids is 1. The molecule has 0 fully saturated rings. The van der Waals surface area contributed by atoms with Gasteiger partial charge in [0.2, 0.25) is 5.82 Å². The fourth-order valence-electron chi connectivity index (χ4n) is 2.00. The number of carbonyl (C=O) groups excluding carboxylic acids is 1. The molecular formula is C16H14F3N3O3S. The van der Waals surface area contributed by atoms with Gasteiger partial charge in [0, 0.05) is 17.1 Å². The van der Waals surface area contributed by atoms with Gasteiger partial charge in [0.05, 0.1) is 5.75 Å². The van der Waals surface area contributed by atoms with Gasteiger partial charge < -0.3 is 10.4 Å². The van der Waals surface area contributed by atoms with Gasteiger partial charge in [-0.3, -0.25) is 9.59 Å². The summed E-state index contributed by atoms with van der Waals surface area (Å²) < 4.78 is 38.3. The van der Waals surface area contributed by atoms with E-state index in [0.717, 1.165) is 11.6 Å². The highest BCUT2D eigenvalue weighted by molar-refractivity contribution is 7.99. The zero-order chi connectivity index (χ0) is 19.3. The Balaban J connectivity index is 2.12. The summed E-state index contributed by atoms with van der Waals surface area (Å²) in [5.74, 6) is -2.74. The van der Waals surface area contributed by atoms with Gasteiger partial charge in [-0.15, -0.1) is 11.8 Å². The fourth-order valence-corrected chi connectivity index (χ4v) is 2.69. The van der Waals surface area contributed by atoms with E-state index in [4.69, 9.17) is 5.11 Å². The van der Waals surface area contributed by atoms with Crippen molar-refractivity contribution in [3.63, 3.8) is 0 Å². The first-order chi connectivity index (χ1) is 12.1. The first kappa shape index (κ1) is 19.7. The van der Waals surface area contributed by atoms with Crippen LogP contribution in [0.15, 0.2) is 30.3 Å². The smallest absolute Gasteiger partial charge is 0.451 e. The normalized spacial score (nSPS) is 11.2. The maximum atomic E-state index is 12.8. The number of rotatable bonds is 6. The SMILES string of the molecule is Cc1cc(C(=O)Nc2cccc(CSCC(=O)O)c2)nc(C(F)(F)F)n1. The van der Waals surface area contributed by atoms with Crippen LogP contribution in [0.2, 0.25) is 0 Å². The van der Waals surface area contributed by atoms with Crippen LogP contribution in [0.5, 0.6) is 0 Å². The van der Waals surface area contributed by atoms with Crippen LogP contribution < -0.4 is 5.32 Å². The molecule has 2 N–H and O–H groups in total. The standard InChI is InChI=1S/C16H14F3N3O3S/c1-9-5-12(22-15(20-9)16(17,18)19)14(25)21-11-4-2-3-10(6-11)7-26-8-13(23)24/h2-6H,7-8H2,1H3,(H,21,25)(H,23,24). The predicted octanol–water partition coefficient (Wildman–Crippen LogP) is 3.37. The third kappa shape index (κ3) is 5.73. The summed E-state index contributed by atoms with van der Waals surface area (Å²) in [4.78, 5) is 29.3. The molecule has 10 heteroatoms. The molecule has 1 heterocycles. The third-order valence-electron chi connectivity index (χ3n) is 3.02. The van der Waals surface area contributed by atoms with Gasteiger partial charge in [-0.05, 0) is 30.7 Å². The van der Waals surface area contributed by atoms with Crippen LogP contribution in [0.3, 0.4) is 0 Å². The van der Waals surface area contributed by atoms with Crippen LogP contribution in [-0.4, -0.2) is 32.7 Å². The van der Waals surface area contributed by atoms with E-state index in [-0.39, 0.29) is 11.4 Å². The number of aryl methyl sites for hydroxylation is 1. The Labute approximate surface area is 150 Å². The van der Waals surface area contributed by atoms with Gasteiger partial charge >= 0.3 is 12.1 Å². The van der Waals surface area contributed by atoms with E-state index in [0.29, 0.717) is 11.4 Å². The average molecular weight is 385 g/mol. The highest BCUT2D eigenvalue weighted by atomic mass is 32.2. The van der Waals surface area contributed by atoms with E-state index < -0.39 is 29.6 Å². The molecule has 138 valence electrons. The minimum Gasteiger partial charge on any atom is -0.481 e. The number of amides is 1. The quantitative estimate of drug-likeness (QED) is 0.792. The van der Waals surface area contributed by atoms with E-state index in [1.54, 1.807) is 24.3 Å². The van der Waals surface area contributed by atoms with Gasteiger partial charge in [0.1, 0.15) is 5.69 Å². The van der Waals surface area contributed by atoms with Crippen molar-refractivity contribution in [1.29, 1.82) is 0 Å². The molecule has 0 saturated carbocycles. The number of carbonyl (C=O) groups is 2. The summed E-state index contributed by atoms with van der Waals surface area (Å²) in [6.45, 7) is 1.34. The van der Waals surface area contributed by atoms with E-state index in [9.17, 15) is 22.8 Å². The Hall–Kier alpha value is -2.62. The molecule has 0 aliphatic carbocycles. The lowest BCUT2D eigenvalue weighted by Gasteiger charge is -2.10. The third-order valence-corrected chi connectivity index (χ3v) is 4.01. The molecule has 2 aromatic rings. The van der Waals surface area contributed by atoms with Gasteiger partial charge in [0.15, 0.2) is 0 Å². The van der Waals surface area contributed by atoms with Gasteiger partial charge in [0.25, 0.3) is 5.91 Å². The number of benzene rings is 1. The lowest BCUT2D eigenvalue weighted by molar-refractivity contribution is -0.145. The number of carboxylic acid groups (broad SMARTS) is 1. The molecule has 0 radical (unpaired) electrons. The molecule has 0 unspecified atom stereocenters. The Morgan fingerprint density at radius 1 is 1.23 bits per heavy atom. The van der Waals surface area contributed by atoms with E-state index in [1.165, 1.54) is 18.7 Å². The molecule has 1 amide bonds. The zero-order valence-electron chi connectivity index (χ0n) is 13.5. The number of halogens is 3. The number of anilines is 1. The molecule has 6 nitrogen and oxygen atoms in total. The van der Waals surface area contributed by atoms with Crippen LogP contribution >= 0.6 is 11.8 Å². The van der Waals surface area contributed by atoms with Gasteiger partial charge in [-0.1, -0.05) is 12.1 Å². The number of hydrogen-bond donors (Lipinski definition) is 2. The average Bonchev–Trinajstić information content (AvgIpc) is 2.53. The van der Waals surface area contributed by atoms with Crippen molar-refractivity contribution in [2.75, 3.05) is 11.1 Å². The van der Waals surface area contributed by atoms with Gasteiger partial charge in [-0.25, -0.2) is 9.97 Å². The van der Waals surface area contributed by atoms with Crippen molar-refractivity contribution in [1.82, 2.24) is 9.97 Å². The van der Waals surface area contributed by atoms with Crippen molar-refractivity contribution in [3.05, 3.63) is 53.1 Å². The number of nitrogens with one attached hydrogen (secondary N) is 1. The molecular weight excluding hydrogens is 371 g/mol. The maximum Gasteiger partial charge on any atom is 0.451 e. The van der Waals surface area contributed by atoms with Gasteiger partial charge in [-0.2, -0.15) is 13.2 Å². The summed E-state index contributed by atoms with van der Waals surface area (Å²) in [7, 11) is 0. The molecule has 0 saturated heterocycles. The molecule has 0 spiro atoms. The topological polar surface area (TPSA) is 92.2 Å². The van der Waals surface area contributed by atoms with Crippen LogP contribution in [0, 0.1) is 6.92 Å². The van der Waals surface area contributed by atoms with Crippen LogP contribution in [0.4, 0.5) is 18.9 Å². The van der Waals surface area contributed by atoms with Crippen molar-refractivity contribution in [3.8, 4) is 0 Å². The molecule has 0 bridgehead atoms. The molecule has 0 aliphatic heterocycles. The predicted molar refractivity (Wildman–Crippen MR) is 90.0 cm³/mol. The Kier molecular flexibility index (Phi) is 6.19. The minimum atomic E-state index is -4.75. The first-order valence-electron chi connectivity index (χ1n) is 7.28. The first-order valence-corrected chi connectivity index (χ1v) is 8.43. The van der Waals surface area contributed by atoms with E-state index >= 15 is 0 Å². The van der Waals surface area contributed by atoms with Crippen molar-refractivity contribution in [2.45, 2.75) is 18.9 Å². The molecule has 2 rings (SSSR count). The number of nitrogens with zero attached hydrogens (tertiary/aromatic N) is 2. The lowest BCUT2D eigenvalue weighted by atomic mass is 10.2. The number of alkyl halides is 3. The second-order valence-electron chi connectivity index (χ2n) is 5.26. The zero-order valence-corrected chi connectivity index (χ0v) is 14.3. The minimum absolute atomic E-state index is 0.0243. The largest absolute Gasteiger partial charge is 0.481 e. The number of aromatic nitrogens is 2. The molecule has 0 aliphatic rings. The van der Waals surface area contributed by atoms with Crippen molar-refractivity contribution >= 4 is 29.3 Å². The number of hydrogen-bond acceptors (Lipinski definition) is 5. The lowest BCUT2D eigenvalue weighted by Crippen LogP contribution is -2.19. The van der Waals surface area contributed by atoms with Crippen molar-refractivity contribution in [2.24, 2.45) is 0 Å². The van der Waals surface area contributed by atoms with E-state index in [1.807, 2.05) is 0 Å². The fraction of sp³-hybridized carbons (Fsp3) is 0.250. The highest BCUT2D eigenvalue weighted by Crippen LogP contribution is 2.26. The molecule has 1 aromatic carbocycles. The summed E-state index contributed by atoms with van der Waals surface area (Å²) in [6, 6.07) is 7.75. The summed E-state index contributed by atoms with van der Waals surface area (Å²) in [5.41, 5.74) is 0.768. The highest BCUT2D eigenvalue weighted by Gasteiger charge is 2.35. The van der Waals surface area contributed by atoms with E-state index in [2.05, 4.69) is 15.3 Å². The van der Waals surface area contributed by atoms with Crippen LogP contribution in [0.25, 0.3) is 0 Å². The molecule has 26 heavy (non-hydrogen) atoms. The summed E-state index contributed by atoms with van der Waals surface area (Å²) >= 11 is 1.19. The van der Waals surface area contributed by atoms with Crippen molar-refractivity contribution < 1.29 is 27.9 Å². The Morgan fingerprint density at radius 3 is 2.62 bits per heavy atom. The molecule has 1 aromatic heterocycles. The maximum absolute atomic E-state index is 12.8. The summed E-state index contributed by atoms with van der Waals surface area (Å²) in [6.07, 6.45) is -4.75. The second-order valence-corrected chi connectivity index (χ2v) is 6.24. The number of aliphatic carboxylic acids is 1. The van der Waals surface area contributed by atoms with Crippen LogP contribution in [-0.2, 0) is 16.7 Å². The van der Waals surface area contributed by atoms with Crippen LogP contribution in [0.1, 0.15) is 27.6 Å². The monoisotopic (exact) mass is 385 g/mol. The number of thioether (sulfide) groups is 1. The second kappa shape index (κ2) is 8.17. The summed E-state index contributed by atoms with van der Waals surface area (Å²) in [5, 5.41) is 11.1. The molecule has 0 atom stereocenters. The Morgan fingerprint density at radius 2 is 1.96 bits per heavy atom. The Bertz CT molecular complexity index is 828.